The van der Waals surface area contributed by atoms with Crippen LogP contribution in [-0.2, 0) is 10.0 Å². The van der Waals surface area contributed by atoms with E-state index in [0.29, 0.717) is 12.5 Å². The summed E-state index contributed by atoms with van der Waals surface area (Å²) in [7, 11) is -1.91. The first-order valence-corrected chi connectivity index (χ1v) is 6.90. The fourth-order valence-corrected chi connectivity index (χ4v) is 3.16. The van der Waals surface area contributed by atoms with Gasteiger partial charge in [0.2, 0.25) is 10.0 Å². The number of halogens is 1. The number of rotatable bonds is 4. The predicted octanol–water partition coefficient (Wildman–Crippen LogP) is 1.77. The second kappa shape index (κ2) is 4.31. The van der Waals surface area contributed by atoms with Crippen molar-refractivity contribution < 1.29 is 8.42 Å². The zero-order valence-electron chi connectivity index (χ0n) is 8.93. The number of pyridine rings is 1. The zero-order valence-corrected chi connectivity index (χ0v) is 10.5. The van der Waals surface area contributed by atoms with Crippen LogP contribution in [0.2, 0.25) is 5.15 Å². The molecule has 0 amide bonds. The summed E-state index contributed by atoms with van der Waals surface area (Å²) in [6.07, 6.45) is 3.70. The van der Waals surface area contributed by atoms with Crippen LogP contribution in [0.1, 0.15) is 12.8 Å². The number of hydrogen-bond donors (Lipinski definition) is 0. The molecule has 16 heavy (non-hydrogen) atoms. The van der Waals surface area contributed by atoms with Gasteiger partial charge < -0.3 is 0 Å². The van der Waals surface area contributed by atoms with Crippen LogP contribution in [0.15, 0.2) is 23.2 Å². The lowest BCUT2D eigenvalue weighted by Crippen LogP contribution is -2.29. The van der Waals surface area contributed by atoms with Crippen molar-refractivity contribution in [2.24, 2.45) is 5.92 Å². The van der Waals surface area contributed by atoms with E-state index in [1.807, 2.05) is 0 Å². The molecule has 0 spiro atoms. The van der Waals surface area contributed by atoms with Crippen molar-refractivity contribution in [1.29, 1.82) is 0 Å². The molecule has 1 aliphatic carbocycles. The monoisotopic (exact) mass is 260 g/mol. The van der Waals surface area contributed by atoms with Gasteiger partial charge in [0.25, 0.3) is 0 Å². The molecule has 0 unspecified atom stereocenters. The Morgan fingerprint density at radius 1 is 1.56 bits per heavy atom. The second-order valence-electron chi connectivity index (χ2n) is 4.02. The molecule has 0 aromatic carbocycles. The van der Waals surface area contributed by atoms with Gasteiger partial charge in [0.1, 0.15) is 10.0 Å². The molecule has 0 radical (unpaired) electrons. The summed E-state index contributed by atoms with van der Waals surface area (Å²) in [4.78, 5) is 3.87. The van der Waals surface area contributed by atoms with E-state index in [4.69, 9.17) is 11.6 Å². The highest BCUT2D eigenvalue weighted by atomic mass is 35.5. The quantitative estimate of drug-likeness (QED) is 0.776. The van der Waals surface area contributed by atoms with Gasteiger partial charge in [-0.15, -0.1) is 0 Å². The normalized spacial score (nSPS) is 16.7. The van der Waals surface area contributed by atoms with E-state index in [0.717, 1.165) is 12.8 Å². The first-order chi connectivity index (χ1) is 7.51. The van der Waals surface area contributed by atoms with E-state index in [1.54, 1.807) is 13.1 Å². The highest BCUT2D eigenvalue weighted by Crippen LogP contribution is 2.31. The van der Waals surface area contributed by atoms with Crippen molar-refractivity contribution in [3.8, 4) is 0 Å². The van der Waals surface area contributed by atoms with E-state index in [1.165, 1.54) is 16.6 Å². The van der Waals surface area contributed by atoms with Gasteiger partial charge >= 0.3 is 0 Å². The van der Waals surface area contributed by atoms with Crippen molar-refractivity contribution in [3.63, 3.8) is 0 Å². The van der Waals surface area contributed by atoms with Gasteiger partial charge in [-0.1, -0.05) is 11.6 Å². The van der Waals surface area contributed by atoms with Crippen LogP contribution in [0.5, 0.6) is 0 Å². The largest absolute Gasteiger partial charge is 0.245 e. The summed E-state index contributed by atoms with van der Waals surface area (Å²) in [6, 6.07) is 3.05. The van der Waals surface area contributed by atoms with Gasteiger partial charge in [0.05, 0.1) is 0 Å². The number of sulfonamides is 1. The van der Waals surface area contributed by atoms with Crippen LogP contribution in [0.3, 0.4) is 0 Å². The minimum absolute atomic E-state index is 0.0325. The van der Waals surface area contributed by atoms with Crippen molar-refractivity contribution in [2.45, 2.75) is 17.7 Å². The van der Waals surface area contributed by atoms with E-state index in [2.05, 4.69) is 4.98 Å². The third-order valence-electron chi connectivity index (χ3n) is 2.63. The smallest absolute Gasteiger partial charge is 0.243 e. The summed E-state index contributed by atoms with van der Waals surface area (Å²) < 4.78 is 25.6. The molecule has 0 bridgehead atoms. The average Bonchev–Trinajstić information content (AvgIpc) is 3.02. The minimum atomic E-state index is -3.49. The molecular weight excluding hydrogens is 248 g/mol. The first-order valence-electron chi connectivity index (χ1n) is 5.08. The molecule has 0 N–H and O–H groups in total. The molecule has 1 saturated carbocycles. The summed E-state index contributed by atoms with van der Waals surface area (Å²) in [5.41, 5.74) is 0. The van der Waals surface area contributed by atoms with Crippen molar-refractivity contribution >= 4 is 21.6 Å². The van der Waals surface area contributed by atoms with Gasteiger partial charge in [-0.2, -0.15) is 0 Å². The topological polar surface area (TPSA) is 50.3 Å². The molecule has 6 heteroatoms. The zero-order chi connectivity index (χ0) is 11.8. The van der Waals surface area contributed by atoms with Gasteiger partial charge in [-0.05, 0) is 30.9 Å². The predicted molar refractivity (Wildman–Crippen MR) is 61.8 cm³/mol. The Hall–Kier alpha value is -0.650. The maximum absolute atomic E-state index is 12.1. The number of nitrogens with zero attached hydrogens (tertiary/aromatic N) is 2. The van der Waals surface area contributed by atoms with Crippen LogP contribution in [0, 0.1) is 5.92 Å². The lowest BCUT2D eigenvalue weighted by Gasteiger charge is -2.17. The van der Waals surface area contributed by atoms with Crippen molar-refractivity contribution in [1.82, 2.24) is 9.29 Å². The first kappa shape index (κ1) is 11.8. The Labute approximate surface area is 100 Å². The molecule has 1 heterocycles. The van der Waals surface area contributed by atoms with Gasteiger partial charge in [-0.25, -0.2) is 17.7 Å². The molecule has 1 aliphatic rings. The molecule has 0 saturated heterocycles. The van der Waals surface area contributed by atoms with E-state index >= 15 is 0 Å². The number of hydrogen-bond acceptors (Lipinski definition) is 3. The Bertz CT molecular complexity index is 485. The highest BCUT2D eigenvalue weighted by molar-refractivity contribution is 7.89. The van der Waals surface area contributed by atoms with Crippen LogP contribution in [0.4, 0.5) is 0 Å². The van der Waals surface area contributed by atoms with Gasteiger partial charge in [0.15, 0.2) is 0 Å². The Balaban J connectivity index is 2.27. The Morgan fingerprint density at radius 2 is 2.25 bits per heavy atom. The summed E-state index contributed by atoms with van der Waals surface area (Å²) in [5.74, 6) is 0.509. The molecule has 2 rings (SSSR count). The second-order valence-corrected chi connectivity index (χ2v) is 6.39. The average molecular weight is 261 g/mol. The van der Waals surface area contributed by atoms with Crippen LogP contribution in [-0.4, -0.2) is 31.3 Å². The standard InChI is InChI=1S/C10H13ClN2O2S/c1-13(7-8-4-5-8)16(14,15)9-3-2-6-12-10(9)11/h2-3,6,8H,4-5,7H2,1H3. The van der Waals surface area contributed by atoms with Crippen LogP contribution < -0.4 is 0 Å². The summed E-state index contributed by atoms with van der Waals surface area (Å²) in [5, 5.41) is 0.0325. The molecule has 1 aromatic heterocycles. The van der Waals surface area contributed by atoms with E-state index in [9.17, 15) is 8.42 Å². The molecule has 0 atom stereocenters. The summed E-state index contributed by atoms with van der Waals surface area (Å²) >= 11 is 5.79. The third-order valence-corrected chi connectivity index (χ3v) is 4.89. The molecule has 1 fully saturated rings. The fourth-order valence-electron chi connectivity index (χ4n) is 1.49. The maximum atomic E-state index is 12.1. The molecule has 4 nitrogen and oxygen atoms in total. The SMILES string of the molecule is CN(CC1CC1)S(=O)(=O)c1cccnc1Cl. The Morgan fingerprint density at radius 3 is 2.81 bits per heavy atom. The van der Waals surface area contributed by atoms with Gasteiger partial charge in [-0.3, -0.25) is 0 Å². The summed E-state index contributed by atoms with van der Waals surface area (Å²) in [6.45, 7) is 0.563. The molecule has 0 aliphatic heterocycles. The highest BCUT2D eigenvalue weighted by Gasteiger charge is 2.30. The number of aromatic nitrogens is 1. The van der Waals surface area contributed by atoms with Crippen LogP contribution in [0.25, 0.3) is 0 Å². The fraction of sp³-hybridized carbons (Fsp3) is 0.500. The lowest BCUT2D eigenvalue weighted by molar-refractivity contribution is 0.452. The van der Waals surface area contributed by atoms with E-state index < -0.39 is 10.0 Å². The third kappa shape index (κ3) is 2.36. The minimum Gasteiger partial charge on any atom is -0.243 e. The lowest BCUT2D eigenvalue weighted by atomic mass is 10.4. The molecule has 88 valence electrons. The van der Waals surface area contributed by atoms with Crippen molar-refractivity contribution in [2.75, 3.05) is 13.6 Å². The molecule has 1 aromatic rings. The van der Waals surface area contributed by atoms with E-state index in [-0.39, 0.29) is 10.0 Å². The Kier molecular flexibility index (Phi) is 3.19. The van der Waals surface area contributed by atoms with Gasteiger partial charge in [0, 0.05) is 19.8 Å². The maximum Gasteiger partial charge on any atom is 0.245 e. The van der Waals surface area contributed by atoms with Crippen LogP contribution >= 0.6 is 11.6 Å². The van der Waals surface area contributed by atoms with Crippen molar-refractivity contribution in [3.05, 3.63) is 23.5 Å². The molecular formula is C10H13ClN2O2S.